The molecule has 0 aliphatic carbocycles. The molecule has 4 nitrogen and oxygen atoms in total. The van der Waals surface area contributed by atoms with Gasteiger partial charge in [-0.3, -0.25) is 4.79 Å². The van der Waals surface area contributed by atoms with E-state index in [1.807, 2.05) is 6.92 Å². The molecule has 1 atom stereocenters. The monoisotopic (exact) mass is 335 g/mol. The van der Waals surface area contributed by atoms with Crippen LogP contribution < -0.4 is 4.90 Å². The second kappa shape index (κ2) is 5.92. The van der Waals surface area contributed by atoms with Crippen molar-refractivity contribution in [1.29, 1.82) is 0 Å². The maximum Gasteiger partial charge on any atom is 0.242 e. The Labute approximate surface area is 128 Å². The lowest BCUT2D eigenvalue weighted by Crippen LogP contribution is -2.42. The lowest BCUT2D eigenvalue weighted by atomic mass is 10.1. The maximum atomic E-state index is 12.1. The van der Waals surface area contributed by atoms with Crippen molar-refractivity contribution in [3.8, 4) is 0 Å². The molecule has 2 rings (SSSR count). The van der Waals surface area contributed by atoms with Crippen molar-refractivity contribution in [1.82, 2.24) is 0 Å². The molecular formula is C13H15Cl2NO3S. The fraction of sp³-hybridized carbons (Fsp3) is 0.462. The van der Waals surface area contributed by atoms with Crippen molar-refractivity contribution in [2.75, 3.05) is 22.3 Å². The molecule has 0 unspecified atom stereocenters. The summed E-state index contributed by atoms with van der Waals surface area (Å²) in [7, 11) is -3.08. The van der Waals surface area contributed by atoms with Crippen LogP contribution in [0.5, 0.6) is 0 Å². The molecular weight excluding hydrogens is 321 g/mol. The van der Waals surface area contributed by atoms with E-state index in [1.165, 1.54) is 4.90 Å². The minimum atomic E-state index is -3.08. The lowest BCUT2D eigenvalue weighted by molar-refractivity contribution is -0.116. The average Bonchev–Trinajstić information content (AvgIpc) is 2.74. The number of aryl methyl sites for hydroxylation is 1. The van der Waals surface area contributed by atoms with Gasteiger partial charge in [-0.1, -0.05) is 17.7 Å². The van der Waals surface area contributed by atoms with Gasteiger partial charge in [-0.2, -0.15) is 0 Å². The Morgan fingerprint density at radius 2 is 2.15 bits per heavy atom. The number of hydrogen-bond donors (Lipinski definition) is 0. The molecule has 20 heavy (non-hydrogen) atoms. The Morgan fingerprint density at radius 3 is 2.65 bits per heavy atom. The molecule has 1 fully saturated rings. The Morgan fingerprint density at radius 1 is 1.45 bits per heavy atom. The van der Waals surface area contributed by atoms with Crippen LogP contribution in [0.1, 0.15) is 12.0 Å². The summed E-state index contributed by atoms with van der Waals surface area (Å²) in [5.41, 5.74) is 1.49. The quantitative estimate of drug-likeness (QED) is 0.797. The first kappa shape index (κ1) is 15.6. The molecule has 0 saturated carbocycles. The van der Waals surface area contributed by atoms with Gasteiger partial charge in [-0.15, -0.1) is 11.6 Å². The summed E-state index contributed by atoms with van der Waals surface area (Å²) in [5.74, 6) is -0.430. The number of carbonyl (C=O) groups excluding carboxylic acids is 1. The molecule has 0 radical (unpaired) electrons. The maximum absolute atomic E-state index is 12.1. The molecule has 0 aromatic heterocycles. The normalized spacial score (nSPS) is 20.9. The predicted molar refractivity (Wildman–Crippen MR) is 81.5 cm³/mol. The highest BCUT2D eigenvalue weighted by atomic mass is 35.5. The van der Waals surface area contributed by atoms with Gasteiger partial charge in [0.15, 0.2) is 9.84 Å². The zero-order valence-electron chi connectivity index (χ0n) is 11.0. The average molecular weight is 336 g/mol. The Kier molecular flexibility index (Phi) is 4.62. The minimum absolute atomic E-state index is 0.0267. The second-order valence-corrected chi connectivity index (χ2v) is 7.79. The number of benzene rings is 1. The molecule has 0 bridgehead atoms. The van der Waals surface area contributed by atoms with Crippen molar-refractivity contribution in [3.63, 3.8) is 0 Å². The van der Waals surface area contributed by atoms with Crippen LogP contribution >= 0.6 is 23.2 Å². The van der Waals surface area contributed by atoms with E-state index in [9.17, 15) is 13.2 Å². The number of amides is 1. The highest BCUT2D eigenvalue weighted by Gasteiger charge is 2.35. The van der Waals surface area contributed by atoms with E-state index in [0.29, 0.717) is 17.1 Å². The van der Waals surface area contributed by atoms with Gasteiger partial charge in [0.1, 0.15) is 5.88 Å². The van der Waals surface area contributed by atoms with Crippen molar-refractivity contribution in [2.24, 2.45) is 0 Å². The van der Waals surface area contributed by atoms with Gasteiger partial charge in [0.25, 0.3) is 0 Å². The van der Waals surface area contributed by atoms with E-state index < -0.39 is 9.84 Å². The third kappa shape index (κ3) is 3.27. The first-order chi connectivity index (χ1) is 9.34. The van der Waals surface area contributed by atoms with Crippen molar-refractivity contribution in [2.45, 2.75) is 19.4 Å². The van der Waals surface area contributed by atoms with Gasteiger partial charge in [-0.25, -0.2) is 8.42 Å². The second-order valence-electron chi connectivity index (χ2n) is 4.89. The Bertz CT molecular complexity index is 631. The van der Waals surface area contributed by atoms with Gasteiger partial charge in [0.05, 0.1) is 17.5 Å². The fourth-order valence-electron chi connectivity index (χ4n) is 2.33. The largest absolute Gasteiger partial charge is 0.307 e. The molecule has 1 aromatic carbocycles. The van der Waals surface area contributed by atoms with Crippen molar-refractivity contribution >= 4 is 44.6 Å². The molecule has 7 heteroatoms. The summed E-state index contributed by atoms with van der Waals surface area (Å²) >= 11 is 11.7. The molecule has 0 N–H and O–H groups in total. The predicted octanol–water partition coefficient (Wildman–Crippen LogP) is 2.41. The molecule has 1 saturated heterocycles. The number of hydrogen-bond acceptors (Lipinski definition) is 3. The van der Waals surface area contributed by atoms with E-state index in [-0.39, 0.29) is 29.3 Å². The van der Waals surface area contributed by atoms with Crippen LogP contribution in [0.3, 0.4) is 0 Å². The van der Waals surface area contributed by atoms with E-state index >= 15 is 0 Å². The zero-order chi connectivity index (χ0) is 14.9. The van der Waals surface area contributed by atoms with Crippen LogP contribution in [0.15, 0.2) is 18.2 Å². The van der Waals surface area contributed by atoms with E-state index in [2.05, 4.69) is 0 Å². The van der Waals surface area contributed by atoms with Crippen LogP contribution in [-0.4, -0.2) is 37.8 Å². The summed E-state index contributed by atoms with van der Waals surface area (Å²) in [6.07, 6.45) is 0.427. The summed E-state index contributed by atoms with van der Waals surface area (Å²) in [6.45, 7) is 1.86. The first-order valence-electron chi connectivity index (χ1n) is 6.18. The molecule has 1 aliphatic heterocycles. The van der Waals surface area contributed by atoms with Crippen LogP contribution in [-0.2, 0) is 14.6 Å². The van der Waals surface area contributed by atoms with Gasteiger partial charge >= 0.3 is 0 Å². The van der Waals surface area contributed by atoms with Crippen molar-refractivity contribution in [3.05, 3.63) is 28.8 Å². The molecule has 1 aliphatic rings. The number of anilines is 1. The molecule has 1 aromatic rings. The molecule has 0 spiro atoms. The zero-order valence-corrected chi connectivity index (χ0v) is 13.3. The number of nitrogens with zero attached hydrogens (tertiary/aromatic N) is 1. The summed E-state index contributed by atoms with van der Waals surface area (Å²) in [4.78, 5) is 13.5. The molecule has 1 heterocycles. The Hall–Kier alpha value is -0.780. The van der Waals surface area contributed by atoms with E-state index in [4.69, 9.17) is 23.2 Å². The third-order valence-electron chi connectivity index (χ3n) is 3.39. The smallest absolute Gasteiger partial charge is 0.242 e. The van der Waals surface area contributed by atoms with Gasteiger partial charge in [-0.05, 0) is 31.0 Å². The number of sulfone groups is 1. The number of alkyl halides is 1. The van der Waals surface area contributed by atoms with Gasteiger partial charge < -0.3 is 4.90 Å². The van der Waals surface area contributed by atoms with Crippen LogP contribution in [0, 0.1) is 6.92 Å². The van der Waals surface area contributed by atoms with E-state index in [0.717, 1.165) is 5.56 Å². The Balaban J connectivity index is 2.38. The lowest BCUT2D eigenvalue weighted by Gasteiger charge is -2.28. The van der Waals surface area contributed by atoms with Gasteiger partial charge in [0, 0.05) is 10.7 Å². The highest BCUT2D eigenvalue weighted by Crippen LogP contribution is 2.28. The molecule has 110 valence electrons. The van der Waals surface area contributed by atoms with Gasteiger partial charge in [0.2, 0.25) is 5.91 Å². The van der Waals surface area contributed by atoms with Crippen LogP contribution in [0.25, 0.3) is 0 Å². The number of carbonyl (C=O) groups is 1. The standard InChI is InChI=1S/C13H15Cl2NO3S/c1-9-2-3-10(6-12(9)15)16(13(17)7-14)11-4-5-20(18,19)8-11/h2-3,6,11H,4-5,7-8H2,1H3/t11-/m0/s1. The summed E-state index contributed by atoms with van der Waals surface area (Å²) in [5, 5.41) is 0.538. The summed E-state index contributed by atoms with van der Waals surface area (Å²) < 4.78 is 23.2. The van der Waals surface area contributed by atoms with E-state index in [1.54, 1.807) is 18.2 Å². The first-order valence-corrected chi connectivity index (χ1v) is 8.92. The SMILES string of the molecule is Cc1ccc(N(C(=O)CCl)[C@H]2CCS(=O)(=O)C2)cc1Cl. The number of halogens is 2. The third-order valence-corrected chi connectivity index (χ3v) is 5.78. The van der Waals surface area contributed by atoms with Crippen LogP contribution in [0.2, 0.25) is 5.02 Å². The highest BCUT2D eigenvalue weighted by molar-refractivity contribution is 7.91. The van der Waals surface area contributed by atoms with Crippen LogP contribution in [0.4, 0.5) is 5.69 Å². The topological polar surface area (TPSA) is 54.5 Å². The number of rotatable bonds is 3. The fourth-order valence-corrected chi connectivity index (χ4v) is 4.34. The summed E-state index contributed by atoms with van der Waals surface area (Å²) in [6, 6.07) is 4.86. The van der Waals surface area contributed by atoms with Crippen molar-refractivity contribution < 1.29 is 13.2 Å². The molecule has 1 amide bonds. The minimum Gasteiger partial charge on any atom is -0.307 e.